The number of carbonyl (C=O) groups is 1. The molecule has 3 aliphatic rings. The first-order valence-corrected chi connectivity index (χ1v) is 8.83. The van der Waals surface area contributed by atoms with Crippen molar-refractivity contribution in [1.82, 2.24) is 9.80 Å². The van der Waals surface area contributed by atoms with E-state index in [4.69, 9.17) is 9.15 Å². The SMILES string of the molecule is C[C@H]1N(CC2CC2)C(=O)COC12CCN(Cc1ccoc1)CC2. The zero-order valence-corrected chi connectivity index (χ0v) is 13.9. The zero-order valence-electron chi connectivity index (χ0n) is 13.9. The van der Waals surface area contributed by atoms with E-state index in [1.54, 1.807) is 6.26 Å². The first-order chi connectivity index (χ1) is 11.2. The molecular formula is C18H26N2O3. The van der Waals surface area contributed by atoms with Crippen molar-refractivity contribution in [2.24, 2.45) is 5.92 Å². The number of hydrogen-bond acceptors (Lipinski definition) is 4. The number of piperidine rings is 1. The molecule has 0 unspecified atom stereocenters. The largest absolute Gasteiger partial charge is 0.472 e. The molecule has 1 atom stereocenters. The van der Waals surface area contributed by atoms with Gasteiger partial charge in [0, 0.05) is 31.7 Å². The number of likely N-dealkylation sites (tertiary alicyclic amines) is 1. The van der Waals surface area contributed by atoms with Gasteiger partial charge in [-0.1, -0.05) is 0 Å². The maximum absolute atomic E-state index is 12.2. The molecule has 1 amide bonds. The smallest absolute Gasteiger partial charge is 0.248 e. The van der Waals surface area contributed by atoms with Crippen LogP contribution in [0, 0.1) is 5.92 Å². The van der Waals surface area contributed by atoms with Crippen molar-refractivity contribution < 1.29 is 13.9 Å². The number of nitrogens with zero attached hydrogens (tertiary/aromatic N) is 2. The highest BCUT2D eigenvalue weighted by atomic mass is 16.5. The van der Waals surface area contributed by atoms with Crippen molar-refractivity contribution in [3.8, 4) is 0 Å². The molecule has 0 radical (unpaired) electrons. The van der Waals surface area contributed by atoms with Gasteiger partial charge in [0.25, 0.3) is 0 Å². The number of furan rings is 1. The fourth-order valence-electron chi connectivity index (χ4n) is 4.04. The normalized spacial score (nSPS) is 28.5. The fourth-order valence-corrected chi connectivity index (χ4v) is 4.04. The van der Waals surface area contributed by atoms with Crippen LogP contribution in [0.2, 0.25) is 0 Å². The van der Waals surface area contributed by atoms with Crippen molar-refractivity contribution in [3.05, 3.63) is 24.2 Å². The van der Waals surface area contributed by atoms with Crippen LogP contribution in [0.4, 0.5) is 0 Å². The lowest BCUT2D eigenvalue weighted by Gasteiger charge is -2.51. The van der Waals surface area contributed by atoms with E-state index in [9.17, 15) is 4.79 Å². The quantitative estimate of drug-likeness (QED) is 0.854. The van der Waals surface area contributed by atoms with Gasteiger partial charge in [0.2, 0.25) is 5.91 Å². The van der Waals surface area contributed by atoms with Gasteiger partial charge in [-0.2, -0.15) is 0 Å². The monoisotopic (exact) mass is 318 g/mol. The van der Waals surface area contributed by atoms with Crippen LogP contribution >= 0.6 is 0 Å². The maximum atomic E-state index is 12.2. The van der Waals surface area contributed by atoms with Gasteiger partial charge in [-0.25, -0.2) is 0 Å². The van der Waals surface area contributed by atoms with E-state index in [0.717, 1.165) is 44.9 Å². The number of morpholine rings is 1. The topological polar surface area (TPSA) is 45.9 Å². The summed E-state index contributed by atoms with van der Waals surface area (Å²) in [5.74, 6) is 0.911. The second-order valence-electron chi connectivity index (χ2n) is 7.43. The molecule has 5 heteroatoms. The van der Waals surface area contributed by atoms with E-state index in [2.05, 4.69) is 16.7 Å². The van der Waals surface area contributed by atoms with Crippen molar-refractivity contribution in [2.75, 3.05) is 26.2 Å². The minimum atomic E-state index is -0.143. The van der Waals surface area contributed by atoms with Gasteiger partial charge in [0.05, 0.1) is 24.2 Å². The minimum Gasteiger partial charge on any atom is -0.472 e. The highest BCUT2D eigenvalue weighted by Crippen LogP contribution is 2.38. The lowest BCUT2D eigenvalue weighted by Crippen LogP contribution is -2.64. The Labute approximate surface area is 137 Å². The summed E-state index contributed by atoms with van der Waals surface area (Å²) < 4.78 is 11.3. The van der Waals surface area contributed by atoms with Crippen LogP contribution in [-0.4, -0.2) is 53.6 Å². The highest BCUT2D eigenvalue weighted by molar-refractivity contribution is 5.78. The second kappa shape index (κ2) is 5.95. The molecular weight excluding hydrogens is 292 g/mol. The summed E-state index contributed by atoms with van der Waals surface area (Å²) in [4.78, 5) is 16.8. The number of hydrogen-bond donors (Lipinski definition) is 0. The first-order valence-electron chi connectivity index (χ1n) is 8.83. The summed E-state index contributed by atoms with van der Waals surface area (Å²) >= 11 is 0. The number of amides is 1. The first kappa shape index (κ1) is 15.2. The average Bonchev–Trinajstić information content (AvgIpc) is 3.24. The molecule has 1 aliphatic carbocycles. The predicted molar refractivity (Wildman–Crippen MR) is 85.8 cm³/mol. The van der Waals surface area contributed by atoms with Crippen LogP contribution < -0.4 is 0 Å². The molecule has 4 rings (SSSR count). The Balaban J connectivity index is 1.39. The molecule has 3 fully saturated rings. The Kier molecular flexibility index (Phi) is 3.93. The third kappa shape index (κ3) is 3.04. The minimum absolute atomic E-state index is 0.143. The van der Waals surface area contributed by atoms with Gasteiger partial charge in [0.15, 0.2) is 0 Å². The van der Waals surface area contributed by atoms with E-state index < -0.39 is 0 Å². The van der Waals surface area contributed by atoms with Crippen molar-refractivity contribution >= 4 is 5.91 Å². The predicted octanol–water partition coefficient (Wildman–Crippen LogP) is 2.27. The van der Waals surface area contributed by atoms with Gasteiger partial charge in [-0.05, 0) is 44.6 Å². The Morgan fingerprint density at radius 2 is 2.09 bits per heavy atom. The van der Waals surface area contributed by atoms with E-state index in [0.29, 0.717) is 0 Å². The Morgan fingerprint density at radius 1 is 1.30 bits per heavy atom. The summed E-state index contributed by atoms with van der Waals surface area (Å²) in [5, 5.41) is 0. The number of rotatable bonds is 4. The highest BCUT2D eigenvalue weighted by Gasteiger charge is 2.48. The van der Waals surface area contributed by atoms with Crippen LogP contribution in [0.25, 0.3) is 0 Å². The van der Waals surface area contributed by atoms with Crippen LogP contribution in [0.15, 0.2) is 23.0 Å². The number of carbonyl (C=O) groups excluding carboxylic acids is 1. The molecule has 5 nitrogen and oxygen atoms in total. The Bertz CT molecular complexity index is 545. The lowest BCUT2D eigenvalue weighted by atomic mass is 9.82. The third-order valence-corrected chi connectivity index (χ3v) is 5.87. The van der Waals surface area contributed by atoms with Gasteiger partial charge in [0.1, 0.15) is 6.61 Å². The van der Waals surface area contributed by atoms with Gasteiger partial charge in [-0.3, -0.25) is 9.69 Å². The zero-order chi connectivity index (χ0) is 15.9. The fraction of sp³-hybridized carbons (Fsp3) is 0.722. The Morgan fingerprint density at radius 3 is 2.74 bits per heavy atom. The van der Waals surface area contributed by atoms with Crippen molar-refractivity contribution in [2.45, 2.75) is 50.8 Å². The molecule has 1 saturated carbocycles. The molecule has 2 aliphatic heterocycles. The van der Waals surface area contributed by atoms with Crippen molar-refractivity contribution in [3.63, 3.8) is 0 Å². The van der Waals surface area contributed by atoms with E-state index in [1.165, 1.54) is 18.4 Å². The summed E-state index contributed by atoms with van der Waals surface area (Å²) in [6.45, 7) is 6.35. The summed E-state index contributed by atoms with van der Waals surface area (Å²) in [6.07, 6.45) is 8.11. The second-order valence-corrected chi connectivity index (χ2v) is 7.43. The summed E-state index contributed by atoms with van der Waals surface area (Å²) in [7, 11) is 0. The standard InChI is InChI=1S/C18H26N2O3/c1-14-18(23-13-17(21)20(14)11-15-2-3-15)5-7-19(8-6-18)10-16-4-9-22-12-16/h4,9,12,14-15H,2-3,5-8,10-11,13H2,1H3/t14-/m1/s1. The molecule has 0 N–H and O–H groups in total. The van der Waals surface area contributed by atoms with Gasteiger partial charge < -0.3 is 14.1 Å². The van der Waals surface area contributed by atoms with Crippen molar-refractivity contribution in [1.29, 1.82) is 0 Å². The van der Waals surface area contributed by atoms with Gasteiger partial charge in [-0.15, -0.1) is 0 Å². The molecule has 23 heavy (non-hydrogen) atoms. The average molecular weight is 318 g/mol. The van der Waals surface area contributed by atoms with Crippen LogP contribution in [-0.2, 0) is 16.1 Å². The van der Waals surface area contributed by atoms with E-state index in [1.807, 2.05) is 12.3 Å². The molecule has 0 aromatic carbocycles. The molecule has 1 spiro atoms. The molecule has 1 aromatic rings. The third-order valence-electron chi connectivity index (χ3n) is 5.87. The molecule has 2 saturated heterocycles. The van der Waals surface area contributed by atoms with E-state index >= 15 is 0 Å². The van der Waals surface area contributed by atoms with Crippen LogP contribution in [0.1, 0.15) is 38.2 Å². The number of ether oxygens (including phenoxy) is 1. The summed E-state index contributed by atoms with van der Waals surface area (Å²) in [6, 6.07) is 2.22. The van der Waals surface area contributed by atoms with Gasteiger partial charge >= 0.3 is 0 Å². The van der Waals surface area contributed by atoms with Crippen LogP contribution in [0.5, 0.6) is 0 Å². The molecule has 126 valence electrons. The molecule has 0 bridgehead atoms. The lowest BCUT2D eigenvalue weighted by molar-refractivity contribution is -0.187. The van der Waals surface area contributed by atoms with E-state index in [-0.39, 0.29) is 24.2 Å². The summed E-state index contributed by atoms with van der Waals surface area (Å²) in [5.41, 5.74) is 1.08. The maximum Gasteiger partial charge on any atom is 0.248 e. The van der Waals surface area contributed by atoms with Crippen LogP contribution in [0.3, 0.4) is 0 Å². The Hall–Kier alpha value is -1.33. The molecule has 3 heterocycles. The molecule has 1 aromatic heterocycles.